The van der Waals surface area contributed by atoms with E-state index in [4.69, 9.17) is 0 Å². The number of benzene rings is 1. The molecule has 0 bridgehead atoms. The molecule has 1 N–H and O–H groups in total. The zero-order valence-electron chi connectivity index (χ0n) is 11.0. The molecule has 0 saturated heterocycles. The lowest BCUT2D eigenvalue weighted by Crippen LogP contribution is -2.34. The van der Waals surface area contributed by atoms with E-state index in [0.717, 1.165) is 22.5 Å². The minimum Gasteiger partial charge on any atom is -0.358 e. The molecule has 1 aliphatic rings. The Hall–Kier alpha value is -1.09. The third-order valence-corrected chi connectivity index (χ3v) is 5.28. The molecule has 1 aromatic heterocycles. The molecule has 3 heteroatoms. The van der Waals surface area contributed by atoms with Gasteiger partial charge in [0.2, 0.25) is 0 Å². The molecule has 0 radical (unpaired) electrons. The Morgan fingerprint density at radius 1 is 1.22 bits per heavy atom. The molecule has 2 nitrogen and oxygen atoms in total. The summed E-state index contributed by atoms with van der Waals surface area (Å²) in [5.74, 6) is 1.57. The summed E-state index contributed by atoms with van der Waals surface area (Å²) in [6.45, 7) is 4.74. The van der Waals surface area contributed by atoms with Gasteiger partial charge < -0.3 is 5.32 Å². The highest BCUT2D eigenvalue weighted by molar-refractivity contribution is 7.22. The van der Waals surface area contributed by atoms with Crippen molar-refractivity contribution in [2.45, 2.75) is 39.2 Å². The summed E-state index contributed by atoms with van der Waals surface area (Å²) in [6, 6.07) is 8.95. The van der Waals surface area contributed by atoms with Crippen LogP contribution in [0.2, 0.25) is 0 Å². The second-order valence-corrected chi connectivity index (χ2v) is 6.54. The van der Waals surface area contributed by atoms with Gasteiger partial charge in [-0.05, 0) is 30.4 Å². The van der Waals surface area contributed by atoms with E-state index in [1.165, 1.54) is 24.0 Å². The highest BCUT2D eigenvalue weighted by Gasteiger charge is 2.27. The maximum Gasteiger partial charge on any atom is 0.184 e. The van der Waals surface area contributed by atoms with Crippen LogP contribution in [0.25, 0.3) is 10.2 Å². The molecular formula is C15H20N2S. The van der Waals surface area contributed by atoms with Gasteiger partial charge in [0.25, 0.3) is 0 Å². The first-order valence-electron chi connectivity index (χ1n) is 6.86. The summed E-state index contributed by atoms with van der Waals surface area (Å²) in [5, 5.41) is 4.74. The summed E-state index contributed by atoms with van der Waals surface area (Å²) < 4.78 is 1.27. The van der Waals surface area contributed by atoms with Gasteiger partial charge in [0.05, 0.1) is 10.2 Å². The first-order valence-corrected chi connectivity index (χ1v) is 7.68. The van der Waals surface area contributed by atoms with Crippen LogP contribution in [-0.4, -0.2) is 11.0 Å². The summed E-state index contributed by atoms with van der Waals surface area (Å²) >= 11 is 1.77. The molecule has 1 aliphatic carbocycles. The Morgan fingerprint density at radius 2 is 2.06 bits per heavy atom. The second-order valence-electron chi connectivity index (χ2n) is 5.50. The van der Waals surface area contributed by atoms with E-state index in [0.29, 0.717) is 6.04 Å². The van der Waals surface area contributed by atoms with Gasteiger partial charge in [-0.1, -0.05) is 50.2 Å². The molecule has 3 rings (SSSR count). The van der Waals surface area contributed by atoms with Crippen molar-refractivity contribution >= 4 is 26.7 Å². The topological polar surface area (TPSA) is 24.9 Å². The van der Waals surface area contributed by atoms with Crippen molar-refractivity contribution in [2.75, 3.05) is 5.32 Å². The number of rotatable bonds is 2. The Morgan fingerprint density at radius 3 is 2.89 bits per heavy atom. The van der Waals surface area contributed by atoms with Gasteiger partial charge >= 0.3 is 0 Å². The molecule has 1 heterocycles. The normalized spacial score (nSPS) is 28.4. The minimum absolute atomic E-state index is 0.592. The predicted octanol–water partition coefficient (Wildman–Crippen LogP) is 4.53. The van der Waals surface area contributed by atoms with E-state index in [1.807, 2.05) is 0 Å². The van der Waals surface area contributed by atoms with Crippen LogP contribution in [0.3, 0.4) is 0 Å². The molecule has 1 fully saturated rings. The van der Waals surface area contributed by atoms with Crippen LogP contribution < -0.4 is 5.32 Å². The van der Waals surface area contributed by atoms with Gasteiger partial charge in [-0.2, -0.15) is 0 Å². The van der Waals surface area contributed by atoms with Crippen LogP contribution in [0.15, 0.2) is 24.3 Å². The number of fused-ring (bicyclic) bond motifs is 1. The van der Waals surface area contributed by atoms with Crippen LogP contribution in [0.1, 0.15) is 33.1 Å². The summed E-state index contributed by atoms with van der Waals surface area (Å²) in [5.41, 5.74) is 1.11. The fourth-order valence-electron chi connectivity index (χ4n) is 2.88. The molecule has 0 spiro atoms. The number of nitrogens with one attached hydrogen (secondary N) is 1. The number of para-hydroxylation sites is 1. The van der Waals surface area contributed by atoms with Crippen molar-refractivity contribution in [3.63, 3.8) is 0 Å². The molecule has 2 aromatic rings. The molecule has 1 saturated carbocycles. The number of hydrogen-bond donors (Lipinski definition) is 1. The molecule has 3 atom stereocenters. The van der Waals surface area contributed by atoms with Crippen LogP contribution in [0.4, 0.5) is 5.13 Å². The van der Waals surface area contributed by atoms with Crippen molar-refractivity contribution in [3.8, 4) is 0 Å². The maximum absolute atomic E-state index is 4.67. The van der Waals surface area contributed by atoms with Gasteiger partial charge in [-0.25, -0.2) is 4.98 Å². The predicted molar refractivity (Wildman–Crippen MR) is 79.2 cm³/mol. The van der Waals surface area contributed by atoms with E-state index in [2.05, 4.69) is 48.4 Å². The van der Waals surface area contributed by atoms with E-state index < -0.39 is 0 Å². The minimum atomic E-state index is 0.592. The smallest absolute Gasteiger partial charge is 0.184 e. The molecule has 18 heavy (non-hydrogen) atoms. The third kappa shape index (κ3) is 2.24. The molecular weight excluding hydrogens is 240 g/mol. The fraction of sp³-hybridized carbons (Fsp3) is 0.533. The zero-order chi connectivity index (χ0) is 12.5. The van der Waals surface area contributed by atoms with Crippen LogP contribution in [-0.2, 0) is 0 Å². The van der Waals surface area contributed by atoms with Crippen LogP contribution >= 0.6 is 11.3 Å². The second kappa shape index (κ2) is 4.88. The van der Waals surface area contributed by atoms with E-state index in [-0.39, 0.29) is 0 Å². The average Bonchev–Trinajstić information content (AvgIpc) is 2.77. The van der Waals surface area contributed by atoms with E-state index in [1.54, 1.807) is 11.3 Å². The van der Waals surface area contributed by atoms with Gasteiger partial charge in [-0.3, -0.25) is 0 Å². The Labute approximate surface area is 112 Å². The fourth-order valence-corrected chi connectivity index (χ4v) is 3.81. The quantitative estimate of drug-likeness (QED) is 0.858. The molecule has 0 amide bonds. The lowest BCUT2D eigenvalue weighted by molar-refractivity contribution is 0.253. The Kier molecular flexibility index (Phi) is 3.25. The summed E-state index contributed by atoms with van der Waals surface area (Å²) in [7, 11) is 0. The van der Waals surface area contributed by atoms with E-state index in [9.17, 15) is 0 Å². The first kappa shape index (κ1) is 12.0. The number of thiazole rings is 1. The molecule has 96 valence electrons. The van der Waals surface area contributed by atoms with Gasteiger partial charge in [0.1, 0.15) is 0 Å². The highest BCUT2D eigenvalue weighted by atomic mass is 32.1. The standard InChI is InChI=1S/C15H20N2S/c1-10-6-5-8-12(11(10)2)16-15-17-13-7-3-4-9-14(13)18-15/h3-4,7,9-12H,5-6,8H2,1-2H3,(H,16,17). The lowest BCUT2D eigenvalue weighted by atomic mass is 9.78. The van der Waals surface area contributed by atoms with Gasteiger partial charge in [-0.15, -0.1) is 0 Å². The number of hydrogen-bond acceptors (Lipinski definition) is 3. The average molecular weight is 260 g/mol. The van der Waals surface area contributed by atoms with Crippen LogP contribution in [0, 0.1) is 11.8 Å². The van der Waals surface area contributed by atoms with Crippen LogP contribution in [0.5, 0.6) is 0 Å². The summed E-state index contributed by atoms with van der Waals surface area (Å²) in [6.07, 6.45) is 3.99. The SMILES string of the molecule is CC1CCCC(Nc2nc3ccccc3s2)C1C. The van der Waals surface area contributed by atoms with Crippen molar-refractivity contribution in [1.29, 1.82) is 0 Å². The molecule has 3 unspecified atom stereocenters. The summed E-state index contributed by atoms with van der Waals surface area (Å²) in [4.78, 5) is 4.67. The largest absolute Gasteiger partial charge is 0.358 e. The number of aromatic nitrogens is 1. The lowest BCUT2D eigenvalue weighted by Gasteiger charge is -2.34. The Balaban J connectivity index is 1.79. The first-order chi connectivity index (χ1) is 8.74. The van der Waals surface area contributed by atoms with E-state index >= 15 is 0 Å². The maximum atomic E-state index is 4.67. The number of anilines is 1. The van der Waals surface area contributed by atoms with Crippen molar-refractivity contribution in [3.05, 3.63) is 24.3 Å². The zero-order valence-corrected chi connectivity index (χ0v) is 11.8. The van der Waals surface area contributed by atoms with Crippen molar-refractivity contribution in [1.82, 2.24) is 4.98 Å². The molecule has 1 aromatic carbocycles. The van der Waals surface area contributed by atoms with Gasteiger partial charge in [0.15, 0.2) is 5.13 Å². The number of nitrogens with zero attached hydrogens (tertiary/aromatic N) is 1. The third-order valence-electron chi connectivity index (χ3n) is 4.31. The van der Waals surface area contributed by atoms with Crippen molar-refractivity contribution < 1.29 is 0 Å². The monoisotopic (exact) mass is 260 g/mol. The van der Waals surface area contributed by atoms with Gasteiger partial charge in [0, 0.05) is 6.04 Å². The highest BCUT2D eigenvalue weighted by Crippen LogP contribution is 2.33. The molecule has 0 aliphatic heterocycles. The Bertz CT molecular complexity index is 501. The van der Waals surface area contributed by atoms with Crippen molar-refractivity contribution in [2.24, 2.45) is 11.8 Å².